The Kier molecular flexibility index (Phi) is 8.97. The number of carbonyl (C=O) groups is 3. The molecule has 0 heterocycles. The lowest BCUT2D eigenvalue weighted by Gasteiger charge is -2.21. The molecule has 1 atom stereocenters. The highest BCUT2D eigenvalue weighted by Crippen LogP contribution is 2.27. The van der Waals surface area contributed by atoms with Crippen molar-refractivity contribution in [3.8, 4) is 5.75 Å². The van der Waals surface area contributed by atoms with Crippen molar-refractivity contribution in [3.63, 3.8) is 0 Å². The highest BCUT2D eigenvalue weighted by molar-refractivity contribution is 5.77. The van der Waals surface area contributed by atoms with Crippen LogP contribution in [-0.2, 0) is 9.59 Å². The third-order valence-corrected chi connectivity index (χ3v) is 3.71. The molecule has 8 nitrogen and oxygen atoms in total. The summed E-state index contributed by atoms with van der Waals surface area (Å²) in [6.45, 7) is 2.13. The minimum atomic E-state index is -0.892. The van der Waals surface area contributed by atoms with E-state index in [-0.39, 0.29) is 37.6 Å². The van der Waals surface area contributed by atoms with Gasteiger partial charge in [-0.05, 0) is 18.9 Å². The fourth-order valence-electron chi connectivity index (χ4n) is 2.22. The molecule has 0 radical (unpaired) electrons. The van der Waals surface area contributed by atoms with E-state index in [2.05, 4.69) is 10.6 Å². The van der Waals surface area contributed by atoms with Gasteiger partial charge in [0.05, 0.1) is 6.04 Å². The molecule has 1 aromatic carbocycles. The fraction of sp³-hybridized carbons (Fsp3) is 0.500. The van der Waals surface area contributed by atoms with E-state index in [0.29, 0.717) is 18.6 Å². The quantitative estimate of drug-likeness (QED) is 0.548. The zero-order valence-corrected chi connectivity index (χ0v) is 15.4. The molecule has 0 saturated heterocycles. The van der Waals surface area contributed by atoms with Gasteiger partial charge in [0.15, 0.2) is 6.61 Å². The Hall–Kier alpha value is -2.77. The Labute approximate surface area is 153 Å². The molecule has 0 aliphatic heterocycles. The topological polar surface area (TPSA) is 108 Å². The highest BCUT2D eigenvalue weighted by atomic mass is 16.5. The van der Waals surface area contributed by atoms with Crippen molar-refractivity contribution in [3.05, 3.63) is 29.8 Å². The average molecular weight is 365 g/mol. The number of ether oxygens (including phenoxy) is 1. The first kappa shape index (κ1) is 21.3. The SMILES string of the molecule is CCC(NC(=O)NCCCC(=O)O)c1ccccc1OCC(=O)N(C)C. The van der Waals surface area contributed by atoms with E-state index in [1.54, 1.807) is 26.2 Å². The summed E-state index contributed by atoms with van der Waals surface area (Å²) < 4.78 is 5.62. The molecule has 0 aliphatic rings. The lowest BCUT2D eigenvalue weighted by atomic mass is 10.0. The van der Waals surface area contributed by atoms with E-state index < -0.39 is 5.97 Å². The van der Waals surface area contributed by atoms with E-state index in [1.807, 2.05) is 19.1 Å². The first-order valence-corrected chi connectivity index (χ1v) is 8.53. The number of urea groups is 1. The second kappa shape index (κ2) is 11.0. The molecule has 0 aliphatic carbocycles. The molecular weight excluding hydrogens is 338 g/mol. The van der Waals surface area contributed by atoms with Crippen molar-refractivity contribution in [1.82, 2.24) is 15.5 Å². The summed E-state index contributed by atoms with van der Waals surface area (Å²) in [6.07, 6.45) is 1.00. The molecule has 0 saturated carbocycles. The van der Waals surface area contributed by atoms with Crippen LogP contribution in [0.25, 0.3) is 0 Å². The second-order valence-corrected chi connectivity index (χ2v) is 5.97. The van der Waals surface area contributed by atoms with Crippen LogP contribution >= 0.6 is 0 Å². The van der Waals surface area contributed by atoms with Gasteiger partial charge in [0.2, 0.25) is 0 Å². The molecule has 144 valence electrons. The molecule has 3 amide bonds. The standard InChI is InChI=1S/C18H27N3O5/c1-4-14(20-18(25)19-11-7-10-17(23)24)13-8-5-6-9-15(13)26-12-16(22)21(2)3/h5-6,8-9,14H,4,7,10-12H2,1-3H3,(H,23,24)(H2,19,20,25). The average Bonchev–Trinajstić information content (AvgIpc) is 2.61. The monoisotopic (exact) mass is 365 g/mol. The molecule has 0 fully saturated rings. The van der Waals surface area contributed by atoms with Gasteiger partial charge < -0.3 is 25.4 Å². The number of hydrogen-bond acceptors (Lipinski definition) is 4. The lowest BCUT2D eigenvalue weighted by molar-refractivity contribution is -0.137. The third-order valence-electron chi connectivity index (χ3n) is 3.71. The Morgan fingerprint density at radius 3 is 2.54 bits per heavy atom. The minimum Gasteiger partial charge on any atom is -0.483 e. The number of rotatable bonds is 10. The van der Waals surface area contributed by atoms with Crippen LogP contribution in [-0.4, -0.2) is 55.2 Å². The fourth-order valence-corrected chi connectivity index (χ4v) is 2.22. The molecule has 1 rings (SSSR count). The number of hydrogen-bond donors (Lipinski definition) is 3. The summed E-state index contributed by atoms with van der Waals surface area (Å²) in [5, 5.41) is 14.1. The molecular formula is C18H27N3O5. The Bertz CT molecular complexity index is 619. The first-order chi connectivity index (χ1) is 12.3. The normalized spacial score (nSPS) is 11.3. The molecule has 0 spiro atoms. The summed E-state index contributed by atoms with van der Waals surface area (Å²) >= 11 is 0. The molecule has 26 heavy (non-hydrogen) atoms. The number of likely N-dealkylation sites (N-methyl/N-ethyl adjacent to an activating group) is 1. The Balaban J connectivity index is 2.67. The number of carbonyl (C=O) groups excluding carboxylic acids is 2. The number of amides is 3. The third kappa shape index (κ3) is 7.42. The van der Waals surface area contributed by atoms with Crippen LogP contribution in [0.1, 0.15) is 37.8 Å². The number of carboxylic acid groups (broad SMARTS) is 1. The van der Waals surface area contributed by atoms with Gasteiger partial charge >= 0.3 is 12.0 Å². The van der Waals surface area contributed by atoms with Gasteiger partial charge in [0.1, 0.15) is 5.75 Å². The Morgan fingerprint density at radius 2 is 1.92 bits per heavy atom. The van der Waals surface area contributed by atoms with E-state index in [0.717, 1.165) is 5.56 Å². The molecule has 3 N–H and O–H groups in total. The van der Waals surface area contributed by atoms with Gasteiger partial charge in [0, 0.05) is 32.6 Å². The van der Waals surface area contributed by atoms with Crippen molar-refractivity contribution in [2.75, 3.05) is 27.2 Å². The minimum absolute atomic E-state index is 0.00800. The van der Waals surface area contributed by atoms with E-state index in [4.69, 9.17) is 9.84 Å². The zero-order chi connectivity index (χ0) is 19.5. The molecule has 0 bridgehead atoms. The van der Waals surface area contributed by atoms with Crippen LogP contribution in [0.5, 0.6) is 5.75 Å². The Morgan fingerprint density at radius 1 is 1.23 bits per heavy atom. The summed E-state index contributed by atoms with van der Waals surface area (Å²) in [5.74, 6) is -0.505. The van der Waals surface area contributed by atoms with Gasteiger partial charge in [-0.15, -0.1) is 0 Å². The summed E-state index contributed by atoms with van der Waals surface area (Å²) in [4.78, 5) is 35.7. The van der Waals surface area contributed by atoms with Gasteiger partial charge in [-0.3, -0.25) is 9.59 Å². The van der Waals surface area contributed by atoms with Crippen LogP contribution in [0.15, 0.2) is 24.3 Å². The second-order valence-electron chi connectivity index (χ2n) is 5.97. The van der Waals surface area contributed by atoms with Crippen molar-refractivity contribution in [1.29, 1.82) is 0 Å². The van der Waals surface area contributed by atoms with Crippen molar-refractivity contribution < 1.29 is 24.2 Å². The number of benzene rings is 1. The number of carboxylic acids is 1. The largest absolute Gasteiger partial charge is 0.483 e. The number of aliphatic carboxylic acids is 1. The lowest BCUT2D eigenvalue weighted by Crippen LogP contribution is -2.38. The predicted molar refractivity (Wildman–Crippen MR) is 97.1 cm³/mol. The van der Waals surface area contributed by atoms with Gasteiger partial charge in [-0.1, -0.05) is 25.1 Å². The predicted octanol–water partition coefficient (Wildman–Crippen LogP) is 1.77. The maximum absolute atomic E-state index is 12.0. The van der Waals surface area contributed by atoms with Crippen LogP contribution < -0.4 is 15.4 Å². The molecule has 0 aromatic heterocycles. The summed E-state index contributed by atoms with van der Waals surface area (Å²) in [5.41, 5.74) is 0.780. The molecule has 1 aromatic rings. The number of nitrogens with zero attached hydrogens (tertiary/aromatic N) is 1. The van der Waals surface area contributed by atoms with Crippen LogP contribution in [0, 0.1) is 0 Å². The van der Waals surface area contributed by atoms with Crippen LogP contribution in [0.2, 0.25) is 0 Å². The number of para-hydroxylation sites is 1. The van der Waals surface area contributed by atoms with Gasteiger partial charge in [-0.2, -0.15) is 0 Å². The highest BCUT2D eigenvalue weighted by Gasteiger charge is 2.17. The van der Waals surface area contributed by atoms with Crippen molar-refractivity contribution in [2.45, 2.75) is 32.2 Å². The summed E-state index contributed by atoms with van der Waals surface area (Å²) in [6, 6.07) is 6.58. The first-order valence-electron chi connectivity index (χ1n) is 8.53. The maximum atomic E-state index is 12.0. The van der Waals surface area contributed by atoms with E-state index >= 15 is 0 Å². The zero-order valence-electron chi connectivity index (χ0n) is 15.4. The molecule has 1 unspecified atom stereocenters. The smallest absolute Gasteiger partial charge is 0.315 e. The van der Waals surface area contributed by atoms with E-state index in [9.17, 15) is 14.4 Å². The van der Waals surface area contributed by atoms with Crippen LogP contribution in [0.4, 0.5) is 4.79 Å². The van der Waals surface area contributed by atoms with E-state index in [1.165, 1.54) is 4.90 Å². The van der Waals surface area contributed by atoms with Crippen LogP contribution in [0.3, 0.4) is 0 Å². The molecule has 8 heteroatoms. The summed E-state index contributed by atoms with van der Waals surface area (Å²) in [7, 11) is 3.31. The van der Waals surface area contributed by atoms with Gasteiger partial charge in [-0.25, -0.2) is 4.79 Å². The van der Waals surface area contributed by atoms with Crippen molar-refractivity contribution >= 4 is 17.9 Å². The van der Waals surface area contributed by atoms with Gasteiger partial charge in [0.25, 0.3) is 5.91 Å². The maximum Gasteiger partial charge on any atom is 0.315 e. The number of nitrogens with one attached hydrogen (secondary N) is 2. The van der Waals surface area contributed by atoms with Crippen molar-refractivity contribution in [2.24, 2.45) is 0 Å².